The quantitative estimate of drug-likeness (QED) is 0.459. The van der Waals surface area contributed by atoms with Gasteiger partial charge in [-0.2, -0.15) is 0 Å². The number of imide groups is 1. The van der Waals surface area contributed by atoms with E-state index in [1.165, 1.54) is 24.8 Å². The summed E-state index contributed by atoms with van der Waals surface area (Å²) in [6.45, 7) is 3.11. The molecule has 1 aromatic rings. The van der Waals surface area contributed by atoms with E-state index in [-0.39, 0.29) is 29.9 Å². The first-order chi connectivity index (χ1) is 14.4. The minimum Gasteiger partial charge on any atom is -0.385 e. The number of nitrogens with zero attached hydrogens (tertiary/aromatic N) is 1. The summed E-state index contributed by atoms with van der Waals surface area (Å²) in [5.41, 5.74) is 1.88. The van der Waals surface area contributed by atoms with Gasteiger partial charge in [0.2, 0.25) is 11.8 Å². The predicted molar refractivity (Wildman–Crippen MR) is 111 cm³/mol. The molecule has 3 N–H and O–H groups in total. The van der Waals surface area contributed by atoms with Crippen LogP contribution in [0.3, 0.4) is 0 Å². The Labute approximate surface area is 175 Å². The SMILES string of the molecule is CN(C(=O)c1cc(NCCC2CC3(CNC3)C2)ccc1C=O)C1CCC(=O)NC1=O. The minimum atomic E-state index is -0.724. The second-order valence-electron chi connectivity index (χ2n) is 8.90. The van der Waals surface area contributed by atoms with E-state index in [1.807, 2.05) is 0 Å². The molecule has 0 aromatic heterocycles. The van der Waals surface area contributed by atoms with Crippen LogP contribution < -0.4 is 16.0 Å². The number of rotatable bonds is 7. The zero-order chi connectivity index (χ0) is 21.3. The Balaban J connectivity index is 1.38. The number of benzene rings is 1. The monoisotopic (exact) mass is 412 g/mol. The van der Waals surface area contributed by atoms with Crippen molar-refractivity contribution in [1.29, 1.82) is 0 Å². The van der Waals surface area contributed by atoms with E-state index >= 15 is 0 Å². The van der Waals surface area contributed by atoms with Gasteiger partial charge in [-0.1, -0.05) is 0 Å². The van der Waals surface area contributed by atoms with Crippen LogP contribution in [0.5, 0.6) is 0 Å². The summed E-state index contributed by atoms with van der Waals surface area (Å²) < 4.78 is 0. The Morgan fingerprint density at radius 2 is 2.07 bits per heavy atom. The van der Waals surface area contributed by atoms with Crippen LogP contribution >= 0.6 is 0 Å². The van der Waals surface area contributed by atoms with Crippen LogP contribution in [0.4, 0.5) is 5.69 Å². The van der Waals surface area contributed by atoms with Crippen molar-refractivity contribution < 1.29 is 19.2 Å². The van der Waals surface area contributed by atoms with E-state index in [0.29, 0.717) is 11.7 Å². The lowest BCUT2D eigenvalue weighted by Gasteiger charge is -2.54. The van der Waals surface area contributed by atoms with Gasteiger partial charge in [0.15, 0.2) is 6.29 Å². The Hall–Kier alpha value is -2.74. The third kappa shape index (κ3) is 3.96. The van der Waals surface area contributed by atoms with Gasteiger partial charge in [-0.3, -0.25) is 24.5 Å². The topological polar surface area (TPSA) is 108 Å². The van der Waals surface area contributed by atoms with Crippen molar-refractivity contribution in [3.63, 3.8) is 0 Å². The van der Waals surface area contributed by atoms with Gasteiger partial charge in [-0.15, -0.1) is 0 Å². The van der Waals surface area contributed by atoms with Gasteiger partial charge < -0.3 is 15.5 Å². The molecule has 1 aliphatic carbocycles. The summed E-state index contributed by atoms with van der Waals surface area (Å²) in [6, 6.07) is 4.37. The summed E-state index contributed by atoms with van der Waals surface area (Å²) >= 11 is 0. The minimum absolute atomic E-state index is 0.189. The molecular weight excluding hydrogens is 384 g/mol. The zero-order valence-electron chi connectivity index (χ0n) is 17.2. The summed E-state index contributed by atoms with van der Waals surface area (Å²) in [6.07, 6.45) is 4.76. The standard InChI is InChI=1S/C22H28N4O4/c1-26(18-4-5-19(28)25-20(18)29)21(30)17-8-16(3-2-15(17)11-27)24-7-6-14-9-22(10-14)12-23-13-22/h2-3,8,11,14,18,23-24H,4-7,9-10,12-13H2,1H3,(H,25,28,29). The molecule has 2 aliphatic heterocycles. The summed E-state index contributed by atoms with van der Waals surface area (Å²) in [4.78, 5) is 49.3. The fraction of sp³-hybridized carbons (Fsp3) is 0.545. The Morgan fingerprint density at radius 1 is 1.30 bits per heavy atom. The average molecular weight is 412 g/mol. The maximum Gasteiger partial charge on any atom is 0.255 e. The Morgan fingerprint density at radius 3 is 2.70 bits per heavy atom. The number of likely N-dealkylation sites (N-methyl/N-ethyl adjacent to an activating group) is 1. The number of anilines is 1. The second kappa shape index (κ2) is 8.18. The molecule has 8 heteroatoms. The number of hydrogen-bond acceptors (Lipinski definition) is 6. The smallest absolute Gasteiger partial charge is 0.255 e. The van der Waals surface area contributed by atoms with Crippen molar-refractivity contribution >= 4 is 29.7 Å². The molecule has 3 fully saturated rings. The van der Waals surface area contributed by atoms with Gasteiger partial charge >= 0.3 is 0 Å². The highest BCUT2D eigenvalue weighted by Crippen LogP contribution is 2.49. The fourth-order valence-corrected chi connectivity index (χ4v) is 4.89. The Kier molecular flexibility index (Phi) is 5.60. The van der Waals surface area contributed by atoms with Crippen LogP contribution in [0.1, 0.15) is 52.8 Å². The number of hydrogen-bond donors (Lipinski definition) is 3. The first-order valence-electron chi connectivity index (χ1n) is 10.6. The highest BCUT2D eigenvalue weighted by Gasteiger charge is 2.47. The van der Waals surface area contributed by atoms with Gasteiger partial charge in [0.1, 0.15) is 6.04 Å². The third-order valence-corrected chi connectivity index (χ3v) is 6.73. The van der Waals surface area contributed by atoms with E-state index in [0.717, 1.165) is 37.7 Å². The van der Waals surface area contributed by atoms with Crippen molar-refractivity contribution in [3.05, 3.63) is 29.3 Å². The number of piperidine rings is 1. The molecule has 160 valence electrons. The largest absolute Gasteiger partial charge is 0.385 e. The number of nitrogens with one attached hydrogen (secondary N) is 3. The lowest BCUT2D eigenvalue weighted by molar-refractivity contribution is -0.136. The van der Waals surface area contributed by atoms with E-state index < -0.39 is 17.9 Å². The zero-order valence-corrected chi connectivity index (χ0v) is 17.2. The molecule has 3 aliphatic rings. The first-order valence-corrected chi connectivity index (χ1v) is 10.6. The van der Waals surface area contributed by atoms with E-state index in [2.05, 4.69) is 16.0 Å². The maximum absolute atomic E-state index is 13.0. The molecule has 2 heterocycles. The summed E-state index contributed by atoms with van der Waals surface area (Å²) in [5.74, 6) is -0.478. The molecule has 1 atom stereocenters. The lowest BCUT2D eigenvalue weighted by Crippen LogP contribution is -2.60. The van der Waals surface area contributed by atoms with Crippen LogP contribution in [0.15, 0.2) is 18.2 Å². The highest BCUT2D eigenvalue weighted by molar-refractivity contribution is 6.06. The van der Waals surface area contributed by atoms with Crippen LogP contribution in [0, 0.1) is 11.3 Å². The fourth-order valence-electron chi connectivity index (χ4n) is 4.89. The van der Waals surface area contributed by atoms with E-state index in [1.54, 1.807) is 18.2 Å². The van der Waals surface area contributed by atoms with Gasteiger partial charge in [0.05, 0.1) is 5.56 Å². The normalized spacial score (nSPS) is 22.6. The summed E-state index contributed by atoms with van der Waals surface area (Å²) in [5, 5.41) is 8.97. The highest BCUT2D eigenvalue weighted by atomic mass is 16.2. The van der Waals surface area contributed by atoms with Crippen molar-refractivity contribution in [3.8, 4) is 0 Å². The van der Waals surface area contributed by atoms with E-state index in [9.17, 15) is 19.2 Å². The first kappa shape index (κ1) is 20.5. The van der Waals surface area contributed by atoms with Crippen LogP contribution in [0.25, 0.3) is 0 Å². The molecule has 8 nitrogen and oxygen atoms in total. The molecule has 3 amide bonds. The number of carbonyl (C=O) groups is 4. The molecule has 1 spiro atoms. The molecule has 0 bridgehead atoms. The molecule has 2 saturated heterocycles. The molecular formula is C22H28N4O4. The summed E-state index contributed by atoms with van der Waals surface area (Å²) in [7, 11) is 1.53. The van der Waals surface area contributed by atoms with Gasteiger partial charge in [-0.05, 0) is 55.2 Å². The van der Waals surface area contributed by atoms with Crippen LogP contribution in [-0.2, 0) is 9.59 Å². The van der Waals surface area contributed by atoms with Gasteiger partial charge in [0.25, 0.3) is 5.91 Å². The van der Waals surface area contributed by atoms with Crippen molar-refractivity contribution in [2.24, 2.45) is 11.3 Å². The molecule has 1 unspecified atom stereocenters. The molecule has 4 rings (SSSR count). The molecule has 1 saturated carbocycles. The second-order valence-corrected chi connectivity index (χ2v) is 8.90. The van der Waals surface area contributed by atoms with Crippen molar-refractivity contribution in [2.45, 2.75) is 38.1 Å². The third-order valence-electron chi connectivity index (χ3n) is 6.73. The maximum atomic E-state index is 13.0. The lowest BCUT2D eigenvalue weighted by atomic mass is 9.58. The molecule has 0 radical (unpaired) electrons. The number of aldehydes is 1. The van der Waals surface area contributed by atoms with Gasteiger partial charge in [-0.25, -0.2) is 0 Å². The Bertz CT molecular complexity index is 872. The van der Waals surface area contributed by atoms with Crippen molar-refractivity contribution in [1.82, 2.24) is 15.5 Å². The number of carbonyl (C=O) groups excluding carboxylic acids is 4. The molecule has 1 aromatic carbocycles. The van der Waals surface area contributed by atoms with E-state index in [4.69, 9.17) is 0 Å². The van der Waals surface area contributed by atoms with Crippen molar-refractivity contribution in [2.75, 3.05) is 32.0 Å². The van der Waals surface area contributed by atoms with Crippen LogP contribution in [-0.4, -0.2) is 61.6 Å². The number of amides is 3. The van der Waals surface area contributed by atoms with Gasteiger partial charge in [0, 0.05) is 44.4 Å². The van der Waals surface area contributed by atoms with Crippen LogP contribution in [0.2, 0.25) is 0 Å². The predicted octanol–water partition coefficient (Wildman–Crippen LogP) is 1.18. The average Bonchev–Trinajstić information content (AvgIpc) is 2.67. The molecule has 30 heavy (non-hydrogen) atoms.